The normalized spacial score (nSPS) is 14.5. The molecule has 0 radical (unpaired) electrons. The van der Waals surface area contributed by atoms with Gasteiger partial charge in [0.15, 0.2) is 6.61 Å². The maximum atomic E-state index is 13.1. The number of anilines is 1. The Balaban J connectivity index is 1.71. The molecular weight excluding hydrogens is 448 g/mol. The fourth-order valence-electron chi connectivity index (χ4n) is 3.72. The van der Waals surface area contributed by atoms with Crippen molar-refractivity contribution in [3.05, 3.63) is 70.9 Å². The Labute approximate surface area is 205 Å². The molecule has 3 rings (SSSR count). The third-order valence-electron chi connectivity index (χ3n) is 5.39. The second-order valence-corrected chi connectivity index (χ2v) is 8.43. The van der Waals surface area contributed by atoms with Gasteiger partial charge in [-0.25, -0.2) is 4.79 Å². The van der Waals surface area contributed by atoms with Gasteiger partial charge in [0, 0.05) is 12.2 Å². The third kappa shape index (κ3) is 6.09. The highest BCUT2D eigenvalue weighted by atomic mass is 16.5. The molecule has 0 saturated heterocycles. The Morgan fingerprint density at radius 2 is 1.74 bits per heavy atom. The topological polar surface area (TPSA) is 94.2 Å². The first-order valence-corrected chi connectivity index (χ1v) is 11.2. The lowest BCUT2D eigenvalue weighted by Gasteiger charge is -2.19. The van der Waals surface area contributed by atoms with E-state index in [0.717, 1.165) is 0 Å². The van der Waals surface area contributed by atoms with Gasteiger partial charge in [0.05, 0.1) is 31.1 Å². The molecule has 0 bridgehead atoms. The van der Waals surface area contributed by atoms with Gasteiger partial charge in [-0.1, -0.05) is 38.1 Å². The summed E-state index contributed by atoms with van der Waals surface area (Å²) in [6.07, 6.45) is 1.66. The number of hydrogen-bond donors (Lipinski definition) is 1. The highest BCUT2D eigenvalue weighted by molar-refractivity contribution is 6.16. The quantitative estimate of drug-likeness (QED) is 0.432. The molecule has 184 valence electrons. The first-order chi connectivity index (χ1) is 16.7. The number of hydrogen-bond acceptors (Lipinski definition) is 6. The van der Waals surface area contributed by atoms with Gasteiger partial charge in [0.1, 0.15) is 11.5 Å². The lowest BCUT2D eigenvalue weighted by atomic mass is 10.0. The van der Waals surface area contributed by atoms with Gasteiger partial charge in [0.25, 0.3) is 11.8 Å². The molecule has 1 aliphatic rings. The predicted octanol–water partition coefficient (Wildman–Crippen LogP) is 4.04. The van der Waals surface area contributed by atoms with Crippen molar-refractivity contribution in [3.63, 3.8) is 0 Å². The zero-order chi connectivity index (χ0) is 25.5. The molecule has 0 spiro atoms. The van der Waals surface area contributed by atoms with Crippen LogP contribution in [0.3, 0.4) is 0 Å². The smallest absolute Gasteiger partial charge is 0.340 e. The summed E-state index contributed by atoms with van der Waals surface area (Å²) in [6, 6.07) is 14.0. The lowest BCUT2D eigenvalue weighted by Crippen LogP contribution is -2.28. The molecule has 2 amide bonds. The van der Waals surface area contributed by atoms with Gasteiger partial charge in [-0.05, 0) is 48.7 Å². The van der Waals surface area contributed by atoms with E-state index in [1.807, 2.05) is 19.9 Å². The first kappa shape index (κ1) is 25.6. The van der Waals surface area contributed by atoms with Crippen LogP contribution >= 0.6 is 0 Å². The van der Waals surface area contributed by atoms with Crippen LogP contribution in [0.25, 0.3) is 6.08 Å². The van der Waals surface area contributed by atoms with Crippen LogP contribution in [0.5, 0.6) is 11.5 Å². The van der Waals surface area contributed by atoms with E-state index in [1.54, 1.807) is 60.4 Å². The maximum Gasteiger partial charge on any atom is 0.340 e. The third-order valence-corrected chi connectivity index (χ3v) is 5.39. The van der Waals surface area contributed by atoms with E-state index in [2.05, 4.69) is 5.32 Å². The summed E-state index contributed by atoms with van der Waals surface area (Å²) in [5, 5.41) is 2.75. The van der Waals surface area contributed by atoms with Crippen LogP contribution in [0.2, 0.25) is 0 Å². The number of carbonyl (C=O) groups excluding carboxylic acids is 3. The number of carbonyl (C=O) groups is 3. The van der Waals surface area contributed by atoms with Crippen molar-refractivity contribution in [2.75, 3.05) is 32.7 Å². The summed E-state index contributed by atoms with van der Waals surface area (Å²) in [5.74, 6) is 0.178. The number of amides is 2. The largest absolute Gasteiger partial charge is 0.495 e. The standard InChI is InChI=1S/C27H30N2O6/c1-17(2)15-29-18(3)25(27(32)34-5)21(26(29)31)14-19-10-12-20(13-11-19)35-16-24(30)28-22-8-6-7-9-23(22)33-4/h6-14,17H,15-16H2,1-5H3,(H,28,30). The SMILES string of the molecule is COC(=O)C1=C(C)N(CC(C)C)C(=O)C1=Cc1ccc(OCC(=O)Nc2ccccc2OC)cc1. The summed E-state index contributed by atoms with van der Waals surface area (Å²) < 4.78 is 15.7. The molecule has 1 aliphatic heterocycles. The van der Waals surface area contributed by atoms with Crippen molar-refractivity contribution in [3.8, 4) is 11.5 Å². The minimum Gasteiger partial charge on any atom is -0.495 e. The van der Waals surface area contributed by atoms with Crippen molar-refractivity contribution >= 4 is 29.5 Å². The number of esters is 1. The minimum absolute atomic E-state index is 0.185. The predicted molar refractivity (Wildman–Crippen MR) is 133 cm³/mol. The number of nitrogens with one attached hydrogen (secondary N) is 1. The number of methoxy groups -OCH3 is 2. The Bertz CT molecular complexity index is 1160. The Hall–Kier alpha value is -4.07. The van der Waals surface area contributed by atoms with E-state index in [-0.39, 0.29) is 29.9 Å². The maximum absolute atomic E-state index is 13.1. The fourth-order valence-corrected chi connectivity index (χ4v) is 3.72. The summed E-state index contributed by atoms with van der Waals surface area (Å²) >= 11 is 0. The zero-order valence-electron chi connectivity index (χ0n) is 20.6. The molecule has 1 heterocycles. The molecule has 2 aromatic carbocycles. The van der Waals surface area contributed by atoms with Crippen molar-refractivity contribution in [1.82, 2.24) is 4.90 Å². The molecule has 2 aromatic rings. The molecule has 8 nitrogen and oxygen atoms in total. The highest BCUT2D eigenvalue weighted by Crippen LogP contribution is 2.32. The van der Waals surface area contributed by atoms with E-state index in [9.17, 15) is 14.4 Å². The molecule has 0 aromatic heterocycles. The molecule has 0 atom stereocenters. The van der Waals surface area contributed by atoms with E-state index in [1.165, 1.54) is 14.2 Å². The van der Waals surface area contributed by atoms with Gasteiger partial charge in [-0.15, -0.1) is 0 Å². The lowest BCUT2D eigenvalue weighted by molar-refractivity contribution is -0.136. The highest BCUT2D eigenvalue weighted by Gasteiger charge is 2.37. The number of benzene rings is 2. The van der Waals surface area contributed by atoms with Crippen LogP contribution in [0, 0.1) is 5.92 Å². The number of para-hydroxylation sites is 2. The molecule has 1 N–H and O–H groups in total. The molecule has 8 heteroatoms. The summed E-state index contributed by atoms with van der Waals surface area (Å²) in [7, 11) is 2.83. The van der Waals surface area contributed by atoms with Gasteiger partial charge in [-0.3, -0.25) is 9.59 Å². The average Bonchev–Trinajstić information content (AvgIpc) is 3.07. The summed E-state index contributed by atoms with van der Waals surface area (Å²) in [5.41, 5.74) is 2.41. The number of rotatable bonds is 9. The summed E-state index contributed by atoms with van der Waals surface area (Å²) in [4.78, 5) is 39.3. The molecule has 0 saturated carbocycles. The van der Waals surface area contributed by atoms with Crippen molar-refractivity contribution in [2.45, 2.75) is 20.8 Å². The van der Waals surface area contributed by atoms with E-state index < -0.39 is 5.97 Å². The van der Waals surface area contributed by atoms with Gasteiger partial charge in [0.2, 0.25) is 0 Å². The second kappa shape index (κ2) is 11.4. The zero-order valence-corrected chi connectivity index (χ0v) is 20.6. The van der Waals surface area contributed by atoms with Gasteiger partial charge >= 0.3 is 5.97 Å². The van der Waals surface area contributed by atoms with Gasteiger partial charge < -0.3 is 24.4 Å². The molecule has 35 heavy (non-hydrogen) atoms. The van der Waals surface area contributed by atoms with Crippen LogP contribution in [-0.4, -0.2) is 50.1 Å². The minimum atomic E-state index is -0.547. The van der Waals surface area contributed by atoms with Crippen molar-refractivity contribution in [1.29, 1.82) is 0 Å². The van der Waals surface area contributed by atoms with E-state index in [4.69, 9.17) is 14.2 Å². The fraction of sp³-hybridized carbons (Fsp3) is 0.296. The monoisotopic (exact) mass is 478 g/mol. The number of nitrogens with zero attached hydrogens (tertiary/aromatic N) is 1. The summed E-state index contributed by atoms with van der Waals surface area (Å²) in [6.45, 7) is 6.09. The van der Waals surface area contributed by atoms with Crippen LogP contribution < -0.4 is 14.8 Å². The Morgan fingerprint density at radius 1 is 1.06 bits per heavy atom. The van der Waals surface area contributed by atoms with Crippen LogP contribution in [0.1, 0.15) is 26.3 Å². The second-order valence-electron chi connectivity index (χ2n) is 8.43. The number of ether oxygens (including phenoxy) is 3. The van der Waals surface area contributed by atoms with Crippen LogP contribution in [0.15, 0.2) is 65.4 Å². The van der Waals surface area contributed by atoms with Crippen LogP contribution in [0.4, 0.5) is 5.69 Å². The number of allylic oxidation sites excluding steroid dienone is 1. The van der Waals surface area contributed by atoms with E-state index >= 15 is 0 Å². The molecular formula is C27H30N2O6. The average molecular weight is 479 g/mol. The molecule has 0 unspecified atom stereocenters. The van der Waals surface area contributed by atoms with Crippen molar-refractivity contribution < 1.29 is 28.6 Å². The Kier molecular flexibility index (Phi) is 8.30. The first-order valence-electron chi connectivity index (χ1n) is 11.2. The Morgan fingerprint density at radius 3 is 2.37 bits per heavy atom. The van der Waals surface area contributed by atoms with Crippen LogP contribution in [-0.2, 0) is 19.1 Å². The van der Waals surface area contributed by atoms with Gasteiger partial charge in [-0.2, -0.15) is 0 Å². The van der Waals surface area contributed by atoms with Crippen molar-refractivity contribution in [2.24, 2.45) is 5.92 Å². The molecule has 0 fully saturated rings. The van der Waals surface area contributed by atoms with E-state index in [0.29, 0.717) is 40.6 Å². The molecule has 0 aliphatic carbocycles.